The highest BCUT2D eigenvalue weighted by molar-refractivity contribution is 5.85. The second-order valence-corrected chi connectivity index (χ2v) is 2.49. The number of carbonyl (C=O) groups is 1. The maximum absolute atomic E-state index is 10.3. The van der Waals surface area contributed by atoms with E-state index in [4.69, 9.17) is 9.52 Å². The predicted octanol–water partition coefficient (Wildman–Crippen LogP) is 1.85. The zero-order chi connectivity index (χ0) is 8.97. The average Bonchev–Trinajstić information content (AvgIpc) is 2.51. The van der Waals surface area contributed by atoms with Crippen molar-refractivity contribution in [3.8, 4) is 0 Å². The minimum absolute atomic E-state index is 0.214. The van der Waals surface area contributed by atoms with E-state index < -0.39 is 5.97 Å². The van der Waals surface area contributed by atoms with Crippen LogP contribution < -0.4 is 0 Å². The summed E-state index contributed by atoms with van der Waals surface area (Å²) >= 11 is 0. The van der Waals surface area contributed by atoms with Crippen molar-refractivity contribution in [2.24, 2.45) is 0 Å². The molecule has 0 atom stereocenters. The van der Waals surface area contributed by atoms with E-state index >= 15 is 0 Å². The fourth-order valence-corrected chi connectivity index (χ4v) is 0.836. The summed E-state index contributed by atoms with van der Waals surface area (Å²) < 4.78 is 5.03. The van der Waals surface area contributed by atoms with Crippen LogP contribution in [0.1, 0.15) is 12.2 Å². The first-order valence-corrected chi connectivity index (χ1v) is 3.63. The molecule has 0 bridgehead atoms. The van der Waals surface area contributed by atoms with Gasteiger partial charge in [-0.25, -0.2) is 4.79 Å². The van der Waals surface area contributed by atoms with Crippen LogP contribution in [0, 0.1) is 0 Å². The Balaban J connectivity index is 2.37. The third-order valence-corrected chi connectivity index (χ3v) is 1.56. The van der Waals surface area contributed by atoms with Crippen molar-refractivity contribution in [2.75, 3.05) is 0 Å². The van der Waals surface area contributed by atoms with Gasteiger partial charge in [-0.05, 0) is 18.6 Å². The van der Waals surface area contributed by atoms with Gasteiger partial charge >= 0.3 is 5.97 Å². The summed E-state index contributed by atoms with van der Waals surface area (Å²) in [5.41, 5.74) is 0.214. The van der Waals surface area contributed by atoms with Crippen LogP contribution in [0.5, 0.6) is 0 Å². The van der Waals surface area contributed by atoms with Gasteiger partial charge in [-0.3, -0.25) is 0 Å². The normalized spacial score (nSPS) is 9.67. The lowest BCUT2D eigenvalue weighted by Gasteiger charge is -1.96. The molecule has 0 radical (unpaired) electrons. The molecule has 1 heterocycles. The predicted molar refractivity (Wildman–Crippen MR) is 43.8 cm³/mol. The molecule has 0 saturated heterocycles. The average molecular weight is 166 g/mol. The van der Waals surface area contributed by atoms with Crippen LogP contribution in [0.3, 0.4) is 0 Å². The van der Waals surface area contributed by atoms with Gasteiger partial charge in [0.25, 0.3) is 0 Å². The van der Waals surface area contributed by atoms with Crippen molar-refractivity contribution in [3.63, 3.8) is 0 Å². The Labute approximate surface area is 70.3 Å². The first-order chi connectivity index (χ1) is 5.70. The molecule has 0 aliphatic heterocycles. The Morgan fingerprint density at radius 1 is 1.67 bits per heavy atom. The van der Waals surface area contributed by atoms with Crippen molar-refractivity contribution < 1.29 is 14.3 Å². The highest BCUT2D eigenvalue weighted by Gasteiger charge is 2.04. The summed E-state index contributed by atoms with van der Waals surface area (Å²) in [7, 11) is 0. The van der Waals surface area contributed by atoms with Crippen LogP contribution in [0.15, 0.2) is 35.0 Å². The molecular weight excluding hydrogens is 156 g/mol. The van der Waals surface area contributed by atoms with Crippen LogP contribution in [-0.2, 0) is 11.2 Å². The van der Waals surface area contributed by atoms with Crippen molar-refractivity contribution in [3.05, 3.63) is 36.3 Å². The first kappa shape index (κ1) is 8.59. The number of aliphatic carboxylic acids is 1. The minimum Gasteiger partial charge on any atom is -0.478 e. The Kier molecular flexibility index (Phi) is 2.69. The quantitative estimate of drug-likeness (QED) is 0.694. The van der Waals surface area contributed by atoms with E-state index in [1.54, 1.807) is 12.3 Å². The molecule has 0 amide bonds. The van der Waals surface area contributed by atoms with Crippen molar-refractivity contribution in [2.45, 2.75) is 12.8 Å². The molecule has 0 aliphatic carbocycles. The second kappa shape index (κ2) is 3.76. The molecule has 0 saturated carbocycles. The third kappa shape index (κ3) is 2.27. The number of carboxylic acid groups (broad SMARTS) is 1. The Hall–Kier alpha value is -1.51. The molecule has 0 fully saturated rings. The zero-order valence-corrected chi connectivity index (χ0v) is 6.62. The monoisotopic (exact) mass is 166 g/mol. The topological polar surface area (TPSA) is 50.4 Å². The Morgan fingerprint density at radius 3 is 2.92 bits per heavy atom. The fraction of sp³-hybridized carbons (Fsp3) is 0.222. The van der Waals surface area contributed by atoms with Crippen LogP contribution in [-0.4, -0.2) is 11.1 Å². The third-order valence-electron chi connectivity index (χ3n) is 1.56. The number of rotatable bonds is 4. The van der Waals surface area contributed by atoms with Gasteiger partial charge in [-0.2, -0.15) is 0 Å². The van der Waals surface area contributed by atoms with Gasteiger partial charge in [0.2, 0.25) is 0 Å². The second-order valence-electron chi connectivity index (χ2n) is 2.49. The number of furan rings is 1. The van der Waals surface area contributed by atoms with E-state index in [1.165, 1.54) is 0 Å². The fourth-order valence-electron chi connectivity index (χ4n) is 0.836. The first-order valence-electron chi connectivity index (χ1n) is 3.63. The molecule has 0 aliphatic rings. The molecule has 64 valence electrons. The van der Waals surface area contributed by atoms with Gasteiger partial charge in [-0.1, -0.05) is 6.58 Å². The zero-order valence-electron chi connectivity index (χ0n) is 6.62. The van der Waals surface area contributed by atoms with Gasteiger partial charge in [-0.15, -0.1) is 0 Å². The van der Waals surface area contributed by atoms with E-state index in [-0.39, 0.29) is 5.57 Å². The number of aryl methyl sites for hydroxylation is 1. The number of carboxylic acids is 1. The molecule has 3 nitrogen and oxygen atoms in total. The molecule has 0 spiro atoms. The van der Waals surface area contributed by atoms with E-state index in [9.17, 15) is 4.79 Å². The molecule has 1 N–H and O–H groups in total. The van der Waals surface area contributed by atoms with Gasteiger partial charge in [0.1, 0.15) is 5.76 Å². The van der Waals surface area contributed by atoms with Gasteiger partial charge in [0.15, 0.2) is 0 Å². The van der Waals surface area contributed by atoms with E-state index in [0.29, 0.717) is 12.8 Å². The molecule has 3 heteroatoms. The van der Waals surface area contributed by atoms with Gasteiger partial charge < -0.3 is 9.52 Å². The molecule has 1 aromatic heterocycles. The Morgan fingerprint density at radius 2 is 2.42 bits per heavy atom. The van der Waals surface area contributed by atoms with Crippen molar-refractivity contribution >= 4 is 5.97 Å². The lowest BCUT2D eigenvalue weighted by Crippen LogP contribution is -1.99. The van der Waals surface area contributed by atoms with Crippen molar-refractivity contribution in [1.29, 1.82) is 0 Å². The maximum Gasteiger partial charge on any atom is 0.330 e. The highest BCUT2D eigenvalue weighted by atomic mass is 16.4. The van der Waals surface area contributed by atoms with E-state index in [1.807, 2.05) is 6.07 Å². The van der Waals surface area contributed by atoms with Gasteiger partial charge in [0.05, 0.1) is 6.26 Å². The molecule has 1 aromatic rings. The minimum atomic E-state index is -0.943. The summed E-state index contributed by atoms with van der Waals surface area (Å²) in [5, 5.41) is 8.48. The van der Waals surface area contributed by atoms with E-state index in [0.717, 1.165) is 5.76 Å². The number of hydrogen-bond acceptors (Lipinski definition) is 2. The molecule has 0 unspecified atom stereocenters. The lowest BCUT2D eigenvalue weighted by molar-refractivity contribution is -0.132. The standard InChI is InChI=1S/C9H10O3/c1-7(9(10)11)4-5-8-3-2-6-12-8/h2-3,6H,1,4-5H2,(H,10,11). The maximum atomic E-state index is 10.3. The summed E-state index contributed by atoms with van der Waals surface area (Å²) in [6.45, 7) is 3.41. The summed E-state index contributed by atoms with van der Waals surface area (Å²) in [6.07, 6.45) is 2.60. The Bertz CT molecular complexity index is 272. The largest absolute Gasteiger partial charge is 0.478 e. The summed E-state index contributed by atoms with van der Waals surface area (Å²) in [5.74, 6) is -0.154. The molecule has 0 aromatic carbocycles. The van der Waals surface area contributed by atoms with E-state index in [2.05, 4.69) is 6.58 Å². The summed E-state index contributed by atoms with van der Waals surface area (Å²) in [4.78, 5) is 10.3. The van der Waals surface area contributed by atoms with Crippen LogP contribution in [0.4, 0.5) is 0 Å². The van der Waals surface area contributed by atoms with Crippen LogP contribution >= 0.6 is 0 Å². The van der Waals surface area contributed by atoms with Crippen molar-refractivity contribution in [1.82, 2.24) is 0 Å². The smallest absolute Gasteiger partial charge is 0.330 e. The molecule has 1 rings (SSSR count). The summed E-state index contributed by atoms with van der Waals surface area (Å²) in [6, 6.07) is 3.59. The molecular formula is C9H10O3. The van der Waals surface area contributed by atoms with Gasteiger partial charge in [0, 0.05) is 12.0 Å². The SMILES string of the molecule is C=C(CCc1ccco1)C(=O)O. The highest BCUT2D eigenvalue weighted by Crippen LogP contribution is 2.07. The lowest BCUT2D eigenvalue weighted by atomic mass is 10.1. The van der Waals surface area contributed by atoms with Crippen LogP contribution in [0.2, 0.25) is 0 Å². The van der Waals surface area contributed by atoms with Crippen LogP contribution in [0.25, 0.3) is 0 Å². The number of hydrogen-bond donors (Lipinski definition) is 1. The molecule has 12 heavy (non-hydrogen) atoms.